The van der Waals surface area contributed by atoms with E-state index in [1.165, 1.54) is 12.3 Å². The van der Waals surface area contributed by atoms with E-state index in [1.807, 2.05) is 20.8 Å². The predicted octanol–water partition coefficient (Wildman–Crippen LogP) is 2.27. The molecule has 1 aromatic heterocycles. The van der Waals surface area contributed by atoms with Crippen LogP contribution < -0.4 is 5.32 Å². The Labute approximate surface area is 108 Å². The van der Waals surface area contributed by atoms with Crippen molar-refractivity contribution in [2.24, 2.45) is 0 Å². The molecule has 1 atom stereocenters. The molecule has 102 valence electrons. The Morgan fingerprint density at radius 3 is 2.50 bits per heavy atom. The zero-order chi connectivity index (χ0) is 13.4. The first-order valence-corrected chi connectivity index (χ1v) is 6.24. The van der Waals surface area contributed by atoms with Gasteiger partial charge in [0.2, 0.25) is 0 Å². The van der Waals surface area contributed by atoms with E-state index in [0.717, 1.165) is 5.56 Å². The second-order valence-electron chi connectivity index (χ2n) is 3.91. The van der Waals surface area contributed by atoms with Crippen LogP contribution >= 0.6 is 0 Å². The quantitative estimate of drug-likeness (QED) is 0.725. The number of nitrogens with zero attached hydrogens (tertiary/aromatic N) is 1. The van der Waals surface area contributed by atoms with E-state index in [0.29, 0.717) is 19.8 Å². The van der Waals surface area contributed by atoms with Crippen molar-refractivity contribution >= 4 is 0 Å². The van der Waals surface area contributed by atoms with Gasteiger partial charge < -0.3 is 14.8 Å². The molecule has 18 heavy (non-hydrogen) atoms. The third kappa shape index (κ3) is 5.08. The number of hydrogen-bond donors (Lipinski definition) is 1. The van der Waals surface area contributed by atoms with Crippen molar-refractivity contribution in [2.75, 3.05) is 19.8 Å². The Bertz CT molecular complexity index is 344. The largest absolute Gasteiger partial charge is 0.352 e. The molecule has 1 heterocycles. The monoisotopic (exact) mass is 256 g/mol. The maximum Gasteiger partial charge on any atom is 0.169 e. The van der Waals surface area contributed by atoms with Gasteiger partial charge in [0.15, 0.2) is 6.29 Å². The molecule has 0 fully saturated rings. The molecule has 0 saturated carbocycles. The fourth-order valence-corrected chi connectivity index (χ4v) is 1.59. The lowest BCUT2D eigenvalue weighted by Gasteiger charge is -2.20. The molecule has 0 aliphatic heterocycles. The van der Waals surface area contributed by atoms with E-state index in [4.69, 9.17) is 9.47 Å². The number of pyridine rings is 1. The first kappa shape index (κ1) is 15.0. The van der Waals surface area contributed by atoms with Crippen LogP contribution in [-0.2, 0) is 9.47 Å². The maximum atomic E-state index is 13.0. The maximum absolute atomic E-state index is 13.0. The highest BCUT2D eigenvalue weighted by molar-refractivity contribution is 5.14. The van der Waals surface area contributed by atoms with E-state index in [-0.39, 0.29) is 18.1 Å². The minimum absolute atomic E-state index is 0.00314. The summed E-state index contributed by atoms with van der Waals surface area (Å²) in [6, 6.07) is 1.47. The smallest absolute Gasteiger partial charge is 0.169 e. The van der Waals surface area contributed by atoms with Gasteiger partial charge in [-0.1, -0.05) is 0 Å². The summed E-state index contributed by atoms with van der Waals surface area (Å²) in [4.78, 5) is 3.83. The van der Waals surface area contributed by atoms with E-state index in [9.17, 15) is 4.39 Å². The zero-order valence-corrected chi connectivity index (χ0v) is 11.1. The SMILES string of the molecule is CCOC(CNC(C)c1cncc(F)c1)OCC. The Kier molecular flexibility index (Phi) is 6.78. The minimum Gasteiger partial charge on any atom is -0.352 e. The third-order valence-corrected chi connectivity index (χ3v) is 2.52. The topological polar surface area (TPSA) is 43.4 Å². The molecule has 1 aromatic rings. The molecule has 0 amide bonds. The molecule has 4 nitrogen and oxygen atoms in total. The molecule has 0 bridgehead atoms. The van der Waals surface area contributed by atoms with Gasteiger partial charge in [0.1, 0.15) is 5.82 Å². The molecule has 1 unspecified atom stereocenters. The summed E-state index contributed by atoms with van der Waals surface area (Å²) in [6.45, 7) is 7.55. The lowest BCUT2D eigenvalue weighted by atomic mass is 10.1. The summed E-state index contributed by atoms with van der Waals surface area (Å²) >= 11 is 0. The Morgan fingerprint density at radius 2 is 1.94 bits per heavy atom. The summed E-state index contributed by atoms with van der Waals surface area (Å²) in [6.07, 6.45) is 2.57. The molecule has 5 heteroatoms. The lowest BCUT2D eigenvalue weighted by molar-refractivity contribution is -0.133. The van der Waals surface area contributed by atoms with Crippen molar-refractivity contribution in [1.82, 2.24) is 10.3 Å². The van der Waals surface area contributed by atoms with Crippen LogP contribution in [0.3, 0.4) is 0 Å². The first-order valence-electron chi connectivity index (χ1n) is 6.24. The Balaban J connectivity index is 2.46. The van der Waals surface area contributed by atoms with Gasteiger partial charge in [-0.2, -0.15) is 0 Å². The predicted molar refractivity (Wildman–Crippen MR) is 67.7 cm³/mol. The van der Waals surface area contributed by atoms with Gasteiger partial charge in [0.05, 0.1) is 6.20 Å². The van der Waals surface area contributed by atoms with Crippen molar-refractivity contribution < 1.29 is 13.9 Å². The lowest BCUT2D eigenvalue weighted by Crippen LogP contribution is -2.33. The zero-order valence-electron chi connectivity index (χ0n) is 11.1. The molecule has 1 rings (SSSR count). The molecule has 0 aromatic carbocycles. The number of rotatable bonds is 8. The first-order chi connectivity index (χ1) is 8.67. The highest BCUT2D eigenvalue weighted by Gasteiger charge is 2.11. The second-order valence-corrected chi connectivity index (χ2v) is 3.91. The van der Waals surface area contributed by atoms with Crippen molar-refractivity contribution in [3.8, 4) is 0 Å². The van der Waals surface area contributed by atoms with Gasteiger partial charge in [0.25, 0.3) is 0 Å². The van der Waals surface area contributed by atoms with E-state index >= 15 is 0 Å². The summed E-state index contributed by atoms with van der Waals surface area (Å²) in [7, 11) is 0. The highest BCUT2D eigenvalue weighted by Crippen LogP contribution is 2.12. The fourth-order valence-electron chi connectivity index (χ4n) is 1.59. The Hall–Kier alpha value is -1.04. The minimum atomic E-state index is -0.327. The van der Waals surface area contributed by atoms with Crippen LogP contribution in [0.15, 0.2) is 18.5 Å². The average Bonchev–Trinajstić information content (AvgIpc) is 2.36. The molecule has 0 saturated heterocycles. The van der Waals surface area contributed by atoms with Crippen molar-refractivity contribution in [2.45, 2.75) is 33.1 Å². The summed E-state index contributed by atoms with van der Waals surface area (Å²) < 4.78 is 23.9. The number of hydrogen-bond acceptors (Lipinski definition) is 4. The van der Waals surface area contributed by atoms with Gasteiger partial charge in [-0.05, 0) is 32.4 Å². The number of ether oxygens (including phenoxy) is 2. The van der Waals surface area contributed by atoms with Crippen LogP contribution in [0.25, 0.3) is 0 Å². The highest BCUT2D eigenvalue weighted by atomic mass is 19.1. The Morgan fingerprint density at radius 1 is 1.28 bits per heavy atom. The molecule has 0 aliphatic rings. The second kappa shape index (κ2) is 8.13. The average molecular weight is 256 g/mol. The van der Waals surface area contributed by atoms with Gasteiger partial charge in [-0.25, -0.2) is 4.39 Å². The van der Waals surface area contributed by atoms with Crippen LogP contribution in [-0.4, -0.2) is 31.0 Å². The van der Waals surface area contributed by atoms with Gasteiger partial charge in [-0.15, -0.1) is 0 Å². The number of aromatic nitrogens is 1. The van der Waals surface area contributed by atoms with E-state index < -0.39 is 0 Å². The summed E-state index contributed by atoms with van der Waals surface area (Å²) in [5.74, 6) is -0.327. The number of nitrogens with one attached hydrogen (secondary N) is 1. The third-order valence-electron chi connectivity index (χ3n) is 2.52. The molecular weight excluding hydrogens is 235 g/mol. The molecular formula is C13H21FN2O2. The van der Waals surface area contributed by atoms with Gasteiger partial charge in [-0.3, -0.25) is 4.98 Å². The van der Waals surface area contributed by atoms with E-state index in [2.05, 4.69) is 10.3 Å². The van der Waals surface area contributed by atoms with Crippen LogP contribution in [0, 0.1) is 5.82 Å². The van der Waals surface area contributed by atoms with Gasteiger partial charge >= 0.3 is 0 Å². The normalized spacial score (nSPS) is 12.9. The standard InChI is InChI=1S/C13H21FN2O2/c1-4-17-13(18-5-2)9-16-10(3)11-6-12(14)8-15-7-11/h6-8,10,13,16H,4-5,9H2,1-3H3. The van der Waals surface area contributed by atoms with Crippen molar-refractivity contribution in [3.63, 3.8) is 0 Å². The summed E-state index contributed by atoms with van der Waals surface area (Å²) in [5, 5.41) is 3.24. The van der Waals surface area contributed by atoms with Crippen LogP contribution in [0.1, 0.15) is 32.4 Å². The van der Waals surface area contributed by atoms with Crippen molar-refractivity contribution in [1.29, 1.82) is 0 Å². The number of halogens is 1. The molecule has 1 N–H and O–H groups in total. The molecule has 0 spiro atoms. The molecule has 0 radical (unpaired) electrons. The van der Waals surface area contributed by atoms with Gasteiger partial charge in [0, 0.05) is 32.0 Å². The van der Waals surface area contributed by atoms with Crippen LogP contribution in [0.5, 0.6) is 0 Å². The van der Waals surface area contributed by atoms with Crippen molar-refractivity contribution in [3.05, 3.63) is 29.8 Å². The van der Waals surface area contributed by atoms with E-state index in [1.54, 1.807) is 6.20 Å². The summed E-state index contributed by atoms with van der Waals surface area (Å²) in [5.41, 5.74) is 0.807. The van der Waals surface area contributed by atoms with Crippen LogP contribution in [0.4, 0.5) is 4.39 Å². The molecule has 0 aliphatic carbocycles. The van der Waals surface area contributed by atoms with Crippen LogP contribution in [0.2, 0.25) is 0 Å². The fraction of sp³-hybridized carbons (Fsp3) is 0.615.